The van der Waals surface area contributed by atoms with Crippen molar-refractivity contribution in [3.05, 3.63) is 59.7 Å². The highest BCUT2D eigenvalue weighted by atomic mass is 32.2. The number of hydrogen-bond donors (Lipinski definition) is 3. The molecule has 0 fully saturated rings. The molecule has 146 valence electrons. The van der Waals surface area contributed by atoms with E-state index < -0.39 is 27.7 Å². The molecule has 1 heterocycles. The molecule has 0 saturated heterocycles. The van der Waals surface area contributed by atoms with Crippen molar-refractivity contribution in [3.8, 4) is 0 Å². The van der Waals surface area contributed by atoms with Crippen molar-refractivity contribution in [3.63, 3.8) is 0 Å². The predicted molar refractivity (Wildman–Crippen MR) is 98.2 cm³/mol. The van der Waals surface area contributed by atoms with Crippen LogP contribution in [0.25, 0.3) is 0 Å². The summed E-state index contributed by atoms with van der Waals surface area (Å²) in [4.78, 5) is 35.7. The summed E-state index contributed by atoms with van der Waals surface area (Å²) in [7, 11) is -3.89. The molecule has 0 unspecified atom stereocenters. The van der Waals surface area contributed by atoms with Gasteiger partial charge in [0.2, 0.25) is 5.91 Å². The number of benzene rings is 2. The smallest absolute Gasteiger partial charge is 0.274 e. The van der Waals surface area contributed by atoms with Gasteiger partial charge in [0, 0.05) is 24.2 Å². The molecule has 0 atom stereocenters. The molecule has 1 aliphatic rings. The molecule has 0 aliphatic carbocycles. The highest BCUT2D eigenvalue weighted by Crippen LogP contribution is 2.30. The van der Waals surface area contributed by atoms with Gasteiger partial charge in [-0.1, -0.05) is 18.2 Å². The topological polar surface area (TPSA) is 133 Å². The van der Waals surface area contributed by atoms with Crippen LogP contribution < -0.4 is 10.8 Å². The number of hydrogen-bond acceptors (Lipinski definition) is 6. The first-order valence-corrected chi connectivity index (χ1v) is 9.79. The first-order chi connectivity index (χ1) is 13.3. The number of nitrogens with zero attached hydrogens (tertiary/aromatic N) is 1. The highest BCUT2D eigenvalue weighted by Gasteiger charge is 2.40. The number of anilines is 1. The van der Waals surface area contributed by atoms with Crippen molar-refractivity contribution in [1.29, 1.82) is 0 Å². The monoisotopic (exact) mass is 403 g/mol. The fourth-order valence-electron chi connectivity index (χ4n) is 2.86. The number of nitrogens with one attached hydrogen (secondary N) is 2. The number of rotatable bonds is 6. The zero-order valence-electron chi connectivity index (χ0n) is 14.6. The minimum absolute atomic E-state index is 0.0218. The van der Waals surface area contributed by atoms with Crippen LogP contribution in [-0.2, 0) is 14.8 Å². The van der Waals surface area contributed by atoms with E-state index in [1.807, 2.05) is 0 Å². The Morgan fingerprint density at radius 2 is 1.82 bits per heavy atom. The Hall–Kier alpha value is -3.24. The number of amides is 3. The van der Waals surface area contributed by atoms with Crippen LogP contribution >= 0.6 is 0 Å². The molecule has 0 aromatic heterocycles. The summed E-state index contributed by atoms with van der Waals surface area (Å²) in [6, 6.07) is 11.9. The summed E-state index contributed by atoms with van der Waals surface area (Å²) in [6.07, 6.45) is 0.119. The van der Waals surface area contributed by atoms with E-state index in [0.717, 1.165) is 4.31 Å². The van der Waals surface area contributed by atoms with Gasteiger partial charge in [0.05, 0.1) is 5.56 Å². The summed E-state index contributed by atoms with van der Waals surface area (Å²) in [5.74, 6) is -1.71. The highest BCUT2D eigenvalue weighted by molar-refractivity contribution is 7.90. The molecule has 2 aromatic rings. The third kappa shape index (κ3) is 3.73. The van der Waals surface area contributed by atoms with Gasteiger partial charge in [0.1, 0.15) is 4.90 Å². The molecule has 1 aliphatic heterocycles. The van der Waals surface area contributed by atoms with Crippen LogP contribution in [0.5, 0.6) is 0 Å². The molecule has 0 spiro atoms. The van der Waals surface area contributed by atoms with Crippen LogP contribution in [0.4, 0.5) is 5.69 Å². The molecule has 0 saturated carbocycles. The van der Waals surface area contributed by atoms with E-state index in [9.17, 15) is 22.8 Å². The van der Waals surface area contributed by atoms with Gasteiger partial charge in [0.25, 0.3) is 21.8 Å². The number of carbonyl (C=O) groups excluding carboxylic acids is 3. The number of sulfonamides is 1. The molecule has 28 heavy (non-hydrogen) atoms. The minimum atomic E-state index is -3.89. The van der Waals surface area contributed by atoms with Gasteiger partial charge in [-0.2, -0.15) is 0 Å². The fourth-order valence-corrected chi connectivity index (χ4v) is 4.47. The second-order valence-corrected chi connectivity index (χ2v) is 7.88. The lowest BCUT2D eigenvalue weighted by Gasteiger charge is -2.14. The van der Waals surface area contributed by atoms with E-state index in [1.165, 1.54) is 35.8 Å². The molecule has 3 rings (SSSR count). The molecule has 0 radical (unpaired) electrons. The van der Waals surface area contributed by atoms with Crippen molar-refractivity contribution < 1.29 is 28.0 Å². The van der Waals surface area contributed by atoms with Crippen LogP contribution in [0.3, 0.4) is 0 Å². The van der Waals surface area contributed by atoms with E-state index in [-0.39, 0.29) is 35.4 Å². The van der Waals surface area contributed by atoms with E-state index in [2.05, 4.69) is 5.32 Å². The van der Waals surface area contributed by atoms with Gasteiger partial charge in [-0.25, -0.2) is 18.2 Å². The second-order valence-electron chi connectivity index (χ2n) is 6.05. The summed E-state index contributed by atoms with van der Waals surface area (Å²) < 4.78 is 25.6. The van der Waals surface area contributed by atoms with E-state index >= 15 is 0 Å². The third-order valence-corrected chi connectivity index (χ3v) is 6.03. The average Bonchev–Trinajstić information content (AvgIpc) is 2.88. The van der Waals surface area contributed by atoms with Crippen molar-refractivity contribution in [2.24, 2.45) is 0 Å². The van der Waals surface area contributed by atoms with E-state index in [1.54, 1.807) is 18.2 Å². The fraction of sp³-hybridized carbons (Fsp3) is 0.167. The van der Waals surface area contributed by atoms with Crippen molar-refractivity contribution in [1.82, 2.24) is 9.79 Å². The van der Waals surface area contributed by atoms with Crippen LogP contribution in [-0.4, -0.2) is 42.2 Å². The molecule has 3 N–H and O–H groups in total. The van der Waals surface area contributed by atoms with Crippen LogP contribution in [0, 0.1) is 0 Å². The standard InChI is InChI=1S/C18H17N3O6S/c22-16(19-13-6-3-5-12(11-13)17(23)20-25)9-4-10-21-18(24)14-7-1-2-8-15(14)28(21,26)27/h1-3,5-8,11,25H,4,9-10H2,(H,19,22)(H,20,23). The quantitative estimate of drug-likeness (QED) is 0.493. The van der Waals surface area contributed by atoms with Crippen molar-refractivity contribution in [2.45, 2.75) is 17.7 Å². The van der Waals surface area contributed by atoms with Gasteiger partial charge < -0.3 is 5.32 Å². The lowest BCUT2D eigenvalue weighted by molar-refractivity contribution is -0.116. The maximum Gasteiger partial charge on any atom is 0.274 e. The van der Waals surface area contributed by atoms with E-state index in [0.29, 0.717) is 5.69 Å². The normalized spacial score (nSPS) is 14.5. The van der Waals surface area contributed by atoms with Crippen molar-refractivity contribution >= 4 is 33.4 Å². The molecule has 3 amide bonds. The lowest BCUT2D eigenvalue weighted by Crippen LogP contribution is -2.31. The molecule has 9 nitrogen and oxygen atoms in total. The molecule has 2 aromatic carbocycles. The van der Waals surface area contributed by atoms with E-state index in [4.69, 9.17) is 5.21 Å². The maximum atomic E-state index is 12.4. The van der Waals surface area contributed by atoms with Gasteiger partial charge in [-0.3, -0.25) is 19.6 Å². The summed E-state index contributed by atoms with van der Waals surface area (Å²) in [5, 5.41) is 11.2. The number of carbonyl (C=O) groups is 3. The summed E-state index contributed by atoms with van der Waals surface area (Å²) in [5.41, 5.74) is 2.14. The van der Waals surface area contributed by atoms with Gasteiger partial charge >= 0.3 is 0 Å². The SMILES string of the molecule is O=C(CCCN1C(=O)c2ccccc2S1(=O)=O)Nc1cccc(C(=O)NO)c1. The maximum absolute atomic E-state index is 12.4. The zero-order chi connectivity index (χ0) is 20.3. The molecular formula is C18H17N3O6S. The third-order valence-electron chi connectivity index (χ3n) is 4.19. The van der Waals surface area contributed by atoms with Crippen LogP contribution in [0.15, 0.2) is 53.4 Å². The summed E-state index contributed by atoms with van der Waals surface area (Å²) in [6.45, 7) is -0.115. The summed E-state index contributed by atoms with van der Waals surface area (Å²) >= 11 is 0. The Bertz CT molecular complexity index is 1050. The first-order valence-electron chi connectivity index (χ1n) is 8.35. The Labute approximate surface area is 161 Å². The lowest BCUT2D eigenvalue weighted by atomic mass is 10.2. The first kappa shape index (κ1) is 19.5. The molecule has 10 heteroatoms. The van der Waals surface area contributed by atoms with Crippen LogP contribution in [0.2, 0.25) is 0 Å². The minimum Gasteiger partial charge on any atom is -0.326 e. The Kier molecular flexibility index (Phi) is 5.43. The van der Waals surface area contributed by atoms with Crippen molar-refractivity contribution in [2.75, 3.05) is 11.9 Å². The average molecular weight is 403 g/mol. The van der Waals surface area contributed by atoms with Gasteiger partial charge in [-0.05, 0) is 36.8 Å². The Morgan fingerprint density at radius 3 is 2.54 bits per heavy atom. The van der Waals surface area contributed by atoms with Gasteiger partial charge in [0.15, 0.2) is 0 Å². The van der Waals surface area contributed by atoms with Crippen LogP contribution in [0.1, 0.15) is 33.6 Å². The zero-order valence-corrected chi connectivity index (χ0v) is 15.4. The number of hydroxylamine groups is 1. The second kappa shape index (κ2) is 7.79. The predicted octanol–water partition coefficient (Wildman–Crippen LogP) is 1.37. The largest absolute Gasteiger partial charge is 0.326 e. The van der Waals surface area contributed by atoms with Gasteiger partial charge in [-0.15, -0.1) is 0 Å². The molecule has 0 bridgehead atoms. The Balaban J connectivity index is 1.58. The Morgan fingerprint density at radius 1 is 1.07 bits per heavy atom. The molecular weight excluding hydrogens is 386 g/mol. The number of fused-ring (bicyclic) bond motifs is 1.